The van der Waals surface area contributed by atoms with Crippen LogP contribution in [0.4, 0.5) is 0 Å². The molecule has 1 amide bonds. The topological polar surface area (TPSA) is 45.7 Å². The van der Waals surface area contributed by atoms with Gasteiger partial charge in [-0.3, -0.25) is 4.79 Å². The van der Waals surface area contributed by atoms with E-state index in [0.717, 1.165) is 30.8 Å². The number of hydrogen-bond donors (Lipinski definition) is 0. The van der Waals surface area contributed by atoms with Crippen LogP contribution in [0.1, 0.15) is 0 Å². The number of aromatic nitrogens is 1. The molecule has 98 valence electrons. The van der Waals surface area contributed by atoms with Gasteiger partial charge in [0.05, 0.1) is 6.20 Å². The molecule has 1 saturated heterocycles. The molecule has 1 aliphatic rings. The van der Waals surface area contributed by atoms with E-state index in [1.54, 1.807) is 18.3 Å². The van der Waals surface area contributed by atoms with Crippen LogP contribution >= 0.6 is 15.9 Å². The number of likely N-dealkylation sites (N-methyl/N-ethyl adjacent to an activating group) is 1. The lowest BCUT2D eigenvalue weighted by molar-refractivity contribution is -0.134. The zero-order chi connectivity index (χ0) is 13.0. The molecule has 1 fully saturated rings. The number of piperazine rings is 1. The second kappa shape index (κ2) is 6.15. The van der Waals surface area contributed by atoms with Gasteiger partial charge in [-0.15, -0.1) is 0 Å². The summed E-state index contributed by atoms with van der Waals surface area (Å²) in [6, 6.07) is 3.57. The van der Waals surface area contributed by atoms with Crippen LogP contribution in [0.15, 0.2) is 22.9 Å². The van der Waals surface area contributed by atoms with Gasteiger partial charge in [-0.05, 0) is 35.1 Å². The van der Waals surface area contributed by atoms with E-state index in [1.165, 1.54) is 0 Å². The molecule has 18 heavy (non-hydrogen) atoms. The third kappa shape index (κ3) is 3.68. The molecule has 6 heteroatoms. The average molecular weight is 314 g/mol. The van der Waals surface area contributed by atoms with Gasteiger partial charge in [0.1, 0.15) is 10.4 Å². The lowest BCUT2D eigenvalue weighted by Crippen LogP contribution is -2.48. The number of ether oxygens (including phenoxy) is 1. The van der Waals surface area contributed by atoms with Crippen LogP contribution in [0.5, 0.6) is 5.75 Å². The maximum atomic E-state index is 11.9. The number of nitrogens with zero attached hydrogens (tertiary/aromatic N) is 3. The molecule has 0 atom stereocenters. The highest BCUT2D eigenvalue weighted by Crippen LogP contribution is 2.12. The van der Waals surface area contributed by atoms with E-state index in [9.17, 15) is 4.79 Å². The minimum absolute atomic E-state index is 0.0334. The zero-order valence-corrected chi connectivity index (χ0v) is 11.9. The molecule has 0 saturated carbocycles. The van der Waals surface area contributed by atoms with Crippen molar-refractivity contribution in [3.8, 4) is 5.75 Å². The van der Waals surface area contributed by atoms with Crippen molar-refractivity contribution in [2.45, 2.75) is 0 Å². The van der Waals surface area contributed by atoms with E-state index in [-0.39, 0.29) is 12.5 Å². The van der Waals surface area contributed by atoms with Gasteiger partial charge >= 0.3 is 0 Å². The highest BCUT2D eigenvalue weighted by molar-refractivity contribution is 9.10. The Labute approximate surface area is 115 Å². The van der Waals surface area contributed by atoms with E-state index < -0.39 is 0 Å². The van der Waals surface area contributed by atoms with Gasteiger partial charge in [0.15, 0.2) is 6.61 Å². The van der Waals surface area contributed by atoms with Crippen LogP contribution in [0.25, 0.3) is 0 Å². The zero-order valence-electron chi connectivity index (χ0n) is 10.3. The van der Waals surface area contributed by atoms with Crippen LogP contribution < -0.4 is 4.74 Å². The number of hydrogen-bond acceptors (Lipinski definition) is 4. The first-order valence-electron chi connectivity index (χ1n) is 5.86. The summed E-state index contributed by atoms with van der Waals surface area (Å²) < 4.78 is 6.16. The maximum Gasteiger partial charge on any atom is 0.260 e. The van der Waals surface area contributed by atoms with Gasteiger partial charge in [-0.2, -0.15) is 0 Å². The number of amides is 1. The Hall–Kier alpha value is -1.14. The monoisotopic (exact) mass is 313 g/mol. The van der Waals surface area contributed by atoms with Gasteiger partial charge in [-0.1, -0.05) is 0 Å². The second-order valence-electron chi connectivity index (χ2n) is 4.29. The van der Waals surface area contributed by atoms with Crippen LogP contribution in [-0.2, 0) is 4.79 Å². The number of rotatable bonds is 3. The molecule has 0 unspecified atom stereocenters. The minimum atomic E-state index is 0.0334. The van der Waals surface area contributed by atoms with E-state index in [1.807, 2.05) is 4.90 Å². The van der Waals surface area contributed by atoms with Gasteiger partial charge in [-0.25, -0.2) is 4.98 Å². The van der Waals surface area contributed by atoms with Crippen molar-refractivity contribution in [1.82, 2.24) is 14.8 Å². The molecule has 0 aromatic carbocycles. The Morgan fingerprint density at radius 1 is 1.39 bits per heavy atom. The lowest BCUT2D eigenvalue weighted by Gasteiger charge is -2.32. The molecule has 1 aliphatic heterocycles. The predicted molar refractivity (Wildman–Crippen MR) is 71.5 cm³/mol. The second-order valence-corrected chi connectivity index (χ2v) is 5.10. The van der Waals surface area contributed by atoms with Crippen LogP contribution in [0.3, 0.4) is 0 Å². The first kappa shape index (κ1) is 13.3. The first-order chi connectivity index (χ1) is 8.65. The Bertz CT molecular complexity index is 402. The fraction of sp³-hybridized carbons (Fsp3) is 0.500. The Morgan fingerprint density at radius 3 is 2.72 bits per heavy atom. The summed E-state index contributed by atoms with van der Waals surface area (Å²) in [7, 11) is 2.06. The van der Waals surface area contributed by atoms with Gasteiger partial charge in [0.2, 0.25) is 0 Å². The lowest BCUT2D eigenvalue weighted by atomic mass is 10.3. The van der Waals surface area contributed by atoms with E-state index >= 15 is 0 Å². The number of carbonyl (C=O) groups excluding carboxylic acids is 1. The largest absolute Gasteiger partial charge is 0.482 e. The summed E-state index contributed by atoms with van der Waals surface area (Å²) in [5, 5.41) is 0. The average Bonchev–Trinajstić information content (AvgIpc) is 2.38. The fourth-order valence-corrected chi connectivity index (χ4v) is 1.97. The third-order valence-electron chi connectivity index (χ3n) is 2.92. The summed E-state index contributed by atoms with van der Waals surface area (Å²) >= 11 is 3.25. The molecule has 2 rings (SSSR count). The standard InChI is InChI=1S/C12H16BrN3O2/c1-15-4-6-16(7-5-15)12(17)9-18-10-2-3-11(13)14-8-10/h2-3,8H,4-7,9H2,1H3. The van der Waals surface area contributed by atoms with Crippen molar-refractivity contribution in [2.24, 2.45) is 0 Å². The number of halogens is 1. The quantitative estimate of drug-likeness (QED) is 0.781. The summed E-state index contributed by atoms with van der Waals surface area (Å²) in [6.07, 6.45) is 1.60. The fourth-order valence-electron chi connectivity index (χ4n) is 1.74. The Balaban J connectivity index is 1.79. The molecule has 2 heterocycles. The summed E-state index contributed by atoms with van der Waals surface area (Å²) in [5.41, 5.74) is 0. The Morgan fingerprint density at radius 2 is 2.11 bits per heavy atom. The summed E-state index contributed by atoms with van der Waals surface area (Å²) in [4.78, 5) is 20.0. The van der Waals surface area contributed by atoms with E-state index in [4.69, 9.17) is 4.74 Å². The molecule has 1 aromatic rings. The summed E-state index contributed by atoms with van der Waals surface area (Å²) in [6.45, 7) is 3.47. The molecular formula is C12H16BrN3O2. The predicted octanol–water partition coefficient (Wildman–Crippen LogP) is 0.997. The number of carbonyl (C=O) groups is 1. The van der Waals surface area contributed by atoms with E-state index in [2.05, 4.69) is 32.9 Å². The van der Waals surface area contributed by atoms with Gasteiger partial charge in [0, 0.05) is 26.2 Å². The molecule has 0 N–H and O–H groups in total. The molecular weight excluding hydrogens is 298 g/mol. The molecule has 5 nitrogen and oxygen atoms in total. The molecule has 0 bridgehead atoms. The van der Waals surface area contributed by atoms with Crippen molar-refractivity contribution in [3.63, 3.8) is 0 Å². The molecule has 1 aromatic heterocycles. The van der Waals surface area contributed by atoms with Gasteiger partial charge < -0.3 is 14.5 Å². The van der Waals surface area contributed by atoms with Crippen LogP contribution in [0.2, 0.25) is 0 Å². The van der Waals surface area contributed by atoms with Crippen LogP contribution in [0, 0.1) is 0 Å². The van der Waals surface area contributed by atoms with Crippen molar-refractivity contribution >= 4 is 21.8 Å². The highest BCUT2D eigenvalue weighted by atomic mass is 79.9. The van der Waals surface area contributed by atoms with Crippen molar-refractivity contribution in [1.29, 1.82) is 0 Å². The molecule has 0 aliphatic carbocycles. The summed E-state index contributed by atoms with van der Waals surface area (Å²) in [5.74, 6) is 0.645. The first-order valence-corrected chi connectivity index (χ1v) is 6.65. The van der Waals surface area contributed by atoms with Gasteiger partial charge in [0.25, 0.3) is 5.91 Å². The van der Waals surface area contributed by atoms with Crippen molar-refractivity contribution < 1.29 is 9.53 Å². The van der Waals surface area contributed by atoms with Crippen molar-refractivity contribution in [2.75, 3.05) is 39.8 Å². The SMILES string of the molecule is CN1CCN(C(=O)COc2ccc(Br)nc2)CC1. The highest BCUT2D eigenvalue weighted by Gasteiger charge is 2.19. The van der Waals surface area contributed by atoms with Crippen LogP contribution in [-0.4, -0.2) is 60.5 Å². The third-order valence-corrected chi connectivity index (χ3v) is 3.39. The van der Waals surface area contributed by atoms with Crippen molar-refractivity contribution in [3.05, 3.63) is 22.9 Å². The minimum Gasteiger partial charge on any atom is -0.482 e. The number of pyridine rings is 1. The van der Waals surface area contributed by atoms with E-state index in [0.29, 0.717) is 5.75 Å². The molecule has 0 radical (unpaired) electrons. The smallest absolute Gasteiger partial charge is 0.260 e. The normalized spacial score (nSPS) is 16.7. The maximum absolute atomic E-state index is 11.9. The Kier molecular flexibility index (Phi) is 4.54. The molecule has 0 spiro atoms.